The van der Waals surface area contributed by atoms with Gasteiger partial charge in [0.25, 0.3) is 5.92 Å². The molecule has 1 N–H and O–H groups in total. The molecule has 1 aromatic heterocycles. The molecule has 2 fully saturated rings. The molecule has 25 heavy (non-hydrogen) atoms. The summed E-state index contributed by atoms with van der Waals surface area (Å²) < 4.78 is 28.1. The van der Waals surface area contributed by atoms with E-state index in [9.17, 15) is 13.6 Å². The van der Waals surface area contributed by atoms with Crippen LogP contribution >= 0.6 is 11.6 Å². The van der Waals surface area contributed by atoms with Gasteiger partial charge in [0.15, 0.2) is 5.82 Å². The smallest absolute Gasteiger partial charge is 0.260 e. The molecule has 2 aliphatic rings. The molecular formula is C18H18ClF2N3O. The lowest BCUT2D eigenvalue weighted by Gasteiger charge is -2.27. The average molecular weight is 366 g/mol. The van der Waals surface area contributed by atoms with Gasteiger partial charge in [-0.1, -0.05) is 30.2 Å². The number of benzene rings is 1. The van der Waals surface area contributed by atoms with E-state index in [-0.39, 0.29) is 12.3 Å². The van der Waals surface area contributed by atoms with E-state index in [4.69, 9.17) is 11.6 Å². The summed E-state index contributed by atoms with van der Waals surface area (Å²) >= 11 is 5.97. The third-order valence-corrected chi connectivity index (χ3v) is 5.35. The summed E-state index contributed by atoms with van der Waals surface area (Å²) in [5.74, 6) is -4.07. The Balaban J connectivity index is 1.71. The third kappa shape index (κ3) is 2.92. The van der Waals surface area contributed by atoms with E-state index in [2.05, 4.69) is 10.4 Å². The van der Waals surface area contributed by atoms with Gasteiger partial charge >= 0.3 is 0 Å². The number of anilines is 1. The Kier molecular flexibility index (Phi) is 3.83. The quantitative estimate of drug-likeness (QED) is 0.860. The van der Waals surface area contributed by atoms with Crippen LogP contribution in [-0.2, 0) is 11.8 Å². The molecule has 1 amide bonds. The maximum atomic E-state index is 13.2. The number of amides is 1. The van der Waals surface area contributed by atoms with Crippen LogP contribution in [0.1, 0.15) is 37.2 Å². The zero-order valence-electron chi connectivity index (χ0n) is 13.7. The van der Waals surface area contributed by atoms with Crippen molar-refractivity contribution in [2.75, 3.05) is 5.32 Å². The number of nitrogens with zero attached hydrogens (tertiary/aromatic N) is 2. The molecule has 7 heteroatoms. The number of hydrogen-bond acceptors (Lipinski definition) is 2. The molecule has 2 aliphatic carbocycles. The first-order chi connectivity index (χ1) is 11.9. The Morgan fingerprint density at radius 1 is 1.32 bits per heavy atom. The van der Waals surface area contributed by atoms with Gasteiger partial charge in [-0.25, -0.2) is 8.78 Å². The van der Waals surface area contributed by atoms with E-state index in [0.717, 1.165) is 36.1 Å². The normalized spacial score (nSPS) is 21.7. The number of alkyl halides is 2. The highest BCUT2D eigenvalue weighted by atomic mass is 35.5. The highest BCUT2D eigenvalue weighted by Crippen LogP contribution is 2.50. The number of rotatable bonds is 4. The van der Waals surface area contributed by atoms with Gasteiger partial charge in [-0.2, -0.15) is 5.10 Å². The second-order valence-electron chi connectivity index (χ2n) is 6.88. The molecule has 2 aromatic rings. The largest absolute Gasteiger partial charge is 0.309 e. The maximum Gasteiger partial charge on any atom is 0.260 e. The number of aromatic nitrogens is 2. The molecular weight excluding hydrogens is 348 g/mol. The van der Waals surface area contributed by atoms with Crippen molar-refractivity contribution in [3.63, 3.8) is 0 Å². The molecule has 132 valence electrons. The molecule has 0 unspecified atom stereocenters. The number of carbonyl (C=O) groups excluding carboxylic acids is 1. The van der Waals surface area contributed by atoms with Gasteiger partial charge in [0.05, 0.1) is 5.69 Å². The Hall–Kier alpha value is -1.95. The van der Waals surface area contributed by atoms with E-state index in [1.54, 1.807) is 23.9 Å². The number of aryl methyl sites for hydroxylation is 1. The van der Waals surface area contributed by atoms with Crippen LogP contribution in [0.15, 0.2) is 24.3 Å². The molecule has 1 atom stereocenters. The SMILES string of the molecule is Cn1nc(NC(=O)[C@@H]2CC2(F)F)c(C2CCC2)c1-c1ccc(Cl)cc1. The Morgan fingerprint density at radius 3 is 2.48 bits per heavy atom. The van der Waals surface area contributed by atoms with Gasteiger partial charge in [0, 0.05) is 29.6 Å². The average Bonchev–Trinajstić information content (AvgIpc) is 3.04. The topological polar surface area (TPSA) is 46.9 Å². The predicted molar refractivity (Wildman–Crippen MR) is 91.9 cm³/mol. The minimum atomic E-state index is -2.88. The maximum absolute atomic E-state index is 13.2. The van der Waals surface area contributed by atoms with Gasteiger partial charge in [-0.05, 0) is 30.9 Å². The van der Waals surface area contributed by atoms with Crippen LogP contribution in [0.5, 0.6) is 0 Å². The first-order valence-corrected chi connectivity index (χ1v) is 8.76. The molecule has 0 aliphatic heterocycles. The highest BCUT2D eigenvalue weighted by Gasteiger charge is 2.61. The molecule has 2 saturated carbocycles. The summed E-state index contributed by atoms with van der Waals surface area (Å²) in [6, 6.07) is 7.42. The van der Waals surface area contributed by atoms with E-state index < -0.39 is 17.7 Å². The van der Waals surface area contributed by atoms with Crippen LogP contribution in [0.4, 0.5) is 14.6 Å². The van der Waals surface area contributed by atoms with Crippen molar-refractivity contribution >= 4 is 23.3 Å². The van der Waals surface area contributed by atoms with Crippen molar-refractivity contribution in [2.45, 2.75) is 37.5 Å². The first-order valence-electron chi connectivity index (χ1n) is 8.38. The third-order valence-electron chi connectivity index (χ3n) is 5.10. The molecule has 0 radical (unpaired) electrons. The molecule has 4 nitrogen and oxygen atoms in total. The fourth-order valence-electron chi connectivity index (χ4n) is 3.37. The van der Waals surface area contributed by atoms with E-state index in [1.807, 2.05) is 12.1 Å². The van der Waals surface area contributed by atoms with Crippen LogP contribution < -0.4 is 5.32 Å². The molecule has 0 saturated heterocycles. The van der Waals surface area contributed by atoms with Crippen molar-refractivity contribution in [3.05, 3.63) is 34.9 Å². The number of hydrogen-bond donors (Lipinski definition) is 1. The summed E-state index contributed by atoms with van der Waals surface area (Å²) in [6.07, 6.45) is 2.76. The second-order valence-corrected chi connectivity index (χ2v) is 7.31. The Morgan fingerprint density at radius 2 is 1.96 bits per heavy atom. The number of halogens is 3. The highest BCUT2D eigenvalue weighted by molar-refractivity contribution is 6.30. The summed E-state index contributed by atoms with van der Waals surface area (Å²) in [5.41, 5.74) is 2.78. The molecule has 1 aromatic carbocycles. The second kappa shape index (κ2) is 5.80. The predicted octanol–water partition coefficient (Wildman–Crippen LogP) is 4.60. The molecule has 0 spiro atoms. The number of carbonyl (C=O) groups is 1. The lowest BCUT2D eigenvalue weighted by molar-refractivity contribution is -0.119. The van der Waals surface area contributed by atoms with Crippen molar-refractivity contribution in [3.8, 4) is 11.3 Å². The fourth-order valence-corrected chi connectivity index (χ4v) is 3.49. The molecule has 0 bridgehead atoms. The van der Waals surface area contributed by atoms with Crippen molar-refractivity contribution in [2.24, 2.45) is 13.0 Å². The first kappa shape index (κ1) is 16.5. The van der Waals surface area contributed by atoms with Crippen LogP contribution in [0, 0.1) is 5.92 Å². The van der Waals surface area contributed by atoms with Crippen LogP contribution in [0.3, 0.4) is 0 Å². The summed E-state index contributed by atoms with van der Waals surface area (Å²) in [7, 11) is 1.80. The van der Waals surface area contributed by atoms with Gasteiger partial charge in [-0.15, -0.1) is 0 Å². The summed E-state index contributed by atoms with van der Waals surface area (Å²) in [4.78, 5) is 12.1. The zero-order valence-corrected chi connectivity index (χ0v) is 14.5. The minimum Gasteiger partial charge on any atom is -0.309 e. The molecule has 4 rings (SSSR count). The van der Waals surface area contributed by atoms with E-state index in [0.29, 0.717) is 10.8 Å². The van der Waals surface area contributed by atoms with Gasteiger partial charge < -0.3 is 5.32 Å². The fraction of sp³-hybridized carbons (Fsp3) is 0.444. The monoisotopic (exact) mass is 365 g/mol. The Bertz CT molecular complexity index is 828. The standard InChI is InChI=1S/C18H18ClF2N3O/c1-24-15(11-5-7-12(19)8-6-11)14(10-3-2-4-10)16(23-24)22-17(25)13-9-18(13,20)21/h5-8,10,13H,2-4,9H2,1H3,(H,22,23,25)/t13-/m0/s1. The van der Waals surface area contributed by atoms with Crippen LogP contribution in [0.25, 0.3) is 11.3 Å². The number of nitrogens with one attached hydrogen (secondary N) is 1. The Labute approximate surface area is 149 Å². The summed E-state index contributed by atoms with van der Waals surface area (Å²) in [5, 5.41) is 7.70. The lowest BCUT2D eigenvalue weighted by atomic mass is 9.79. The van der Waals surface area contributed by atoms with E-state index in [1.165, 1.54) is 0 Å². The summed E-state index contributed by atoms with van der Waals surface area (Å²) in [6.45, 7) is 0. The van der Waals surface area contributed by atoms with Crippen LogP contribution in [0.2, 0.25) is 5.02 Å². The zero-order chi connectivity index (χ0) is 17.8. The molecule has 1 heterocycles. The van der Waals surface area contributed by atoms with Crippen molar-refractivity contribution < 1.29 is 13.6 Å². The van der Waals surface area contributed by atoms with Gasteiger partial charge in [-0.3, -0.25) is 9.48 Å². The lowest BCUT2D eigenvalue weighted by Crippen LogP contribution is -2.20. The van der Waals surface area contributed by atoms with E-state index >= 15 is 0 Å². The van der Waals surface area contributed by atoms with Gasteiger partial charge in [0.1, 0.15) is 5.92 Å². The van der Waals surface area contributed by atoms with Crippen LogP contribution in [-0.4, -0.2) is 21.6 Å². The van der Waals surface area contributed by atoms with Crippen molar-refractivity contribution in [1.29, 1.82) is 0 Å². The van der Waals surface area contributed by atoms with Gasteiger partial charge in [0.2, 0.25) is 5.91 Å². The minimum absolute atomic E-state index is 0.286. The van der Waals surface area contributed by atoms with Crippen molar-refractivity contribution in [1.82, 2.24) is 9.78 Å².